The number of hydrogen-bond acceptors (Lipinski definition) is 6. The van der Waals surface area contributed by atoms with Crippen molar-refractivity contribution in [2.24, 2.45) is 0 Å². The van der Waals surface area contributed by atoms with E-state index >= 15 is 0 Å². The van der Waals surface area contributed by atoms with Gasteiger partial charge in [-0.15, -0.1) is 0 Å². The predicted octanol–water partition coefficient (Wildman–Crippen LogP) is 1.48. The van der Waals surface area contributed by atoms with E-state index < -0.39 is 57.4 Å². The predicted molar refractivity (Wildman–Crippen MR) is 96.9 cm³/mol. The van der Waals surface area contributed by atoms with E-state index in [-0.39, 0.29) is 6.54 Å². The number of nitrogens with one attached hydrogen (secondary N) is 1. The molecule has 0 unspecified atom stereocenters. The Hall–Kier alpha value is -3.43. The summed E-state index contributed by atoms with van der Waals surface area (Å²) in [5, 5.41) is 8.86. The topological polar surface area (TPSA) is 117 Å². The van der Waals surface area contributed by atoms with Gasteiger partial charge in [-0.3, -0.25) is 14.5 Å². The van der Waals surface area contributed by atoms with Crippen LogP contribution in [0.15, 0.2) is 47.4 Å². The fourth-order valence-electron chi connectivity index (χ4n) is 2.22. The zero-order chi connectivity index (χ0) is 22.3. The van der Waals surface area contributed by atoms with Crippen LogP contribution in [0.25, 0.3) is 0 Å². The van der Waals surface area contributed by atoms with Gasteiger partial charge in [0.1, 0.15) is 18.0 Å². The van der Waals surface area contributed by atoms with E-state index in [1.54, 1.807) is 41.1 Å². The lowest BCUT2D eigenvalue weighted by atomic mass is 10.3. The fraction of sp³-hybridized carbons (Fsp3) is 0.167. The third-order valence-electron chi connectivity index (χ3n) is 3.65. The molecule has 0 radical (unpaired) electrons. The van der Waals surface area contributed by atoms with Gasteiger partial charge in [0, 0.05) is 5.69 Å². The molecule has 0 saturated carbocycles. The number of amides is 1. The molecule has 0 fully saturated rings. The summed E-state index contributed by atoms with van der Waals surface area (Å²) in [4.78, 5) is 23.8. The molecule has 0 heterocycles. The lowest BCUT2D eigenvalue weighted by molar-refractivity contribution is -0.146. The highest BCUT2D eigenvalue weighted by Gasteiger charge is 2.25. The van der Waals surface area contributed by atoms with Crippen LogP contribution in [0.1, 0.15) is 0 Å². The van der Waals surface area contributed by atoms with Gasteiger partial charge < -0.3 is 4.74 Å². The number of nitriles is 1. The number of esters is 1. The average Bonchev–Trinajstić information content (AvgIpc) is 2.73. The van der Waals surface area contributed by atoms with E-state index in [9.17, 15) is 31.2 Å². The molecule has 12 heteroatoms. The Morgan fingerprint density at radius 2 is 1.73 bits per heavy atom. The van der Waals surface area contributed by atoms with Crippen molar-refractivity contribution in [2.45, 2.75) is 4.90 Å². The number of para-hydroxylation sites is 1. The molecule has 8 nitrogen and oxygen atoms in total. The number of benzene rings is 2. The summed E-state index contributed by atoms with van der Waals surface area (Å²) in [5.41, 5.74) is 0.384. The standard InChI is InChI=1S/C18H14F3N3O5S/c19-13-6-7-14(18(21)17(13)20)30(27,28)23-10-16(26)29-11-15(25)24(9-8-22)12-4-2-1-3-5-12/h1-7,23H,9-11H2. The monoisotopic (exact) mass is 441 g/mol. The highest BCUT2D eigenvalue weighted by Crippen LogP contribution is 2.19. The number of nitrogens with zero attached hydrogens (tertiary/aromatic N) is 2. The van der Waals surface area contributed by atoms with Gasteiger partial charge in [0.2, 0.25) is 10.0 Å². The first-order valence-electron chi connectivity index (χ1n) is 8.18. The van der Waals surface area contributed by atoms with Crippen LogP contribution in [-0.4, -0.2) is 40.0 Å². The fourth-order valence-corrected chi connectivity index (χ4v) is 3.26. The molecule has 0 saturated heterocycles. The van der Waals surface area contributed by atoms with E-state index in [1.165, 1.54) is 0 Å². The SMILES string of the molecule is N#CCN(C(=O)COC(=O)CNS(=O)(=O)c1ccc(F)c(F)c1F)c1ccccc1. The molecular weight excluding hydrogens is 427 g/mol. The van der Waals surface area contributed by atoms with E-state index in [4.69, 9.17) is 5.26 Å². The molecule has 158 valence electrons. The van der Waals surface area contributed by atoms with E-state index in [0.29, 0.717) is 17.8 Å². The highest BCUT2D eigenvalue weighted by molar-refractivity contribution is 7.89. The third kappa shape index (κ3) is 5.56. The normalized spacial score (nSPS) is 10.9. The number of rotatable bonds is 8. The van der Waals surface area contributed by atoms with Crippen molar-refractivity contribution >= 4 is 27.6 Å². The summed E-state index contributed by atoms with van der Waals surface area (Å²) in [6, 6.07) is 10.8. The van der Waals surface area contributed by atoms with Gasteiger partial charge in [-0.2, -0.15) is 9.98 Å². The molecule has 1 N–H and O–H groups in total. The highest BCUT2D eigenvalue weighted by atomic mass is 32.2. The summed E-state index contributed by atoms with van der Waals surface area (Å²) in [6.07, 6.45) is 0. The Morgan fingerprint density at radius 1 is 1.07 bits per heavy atom. The van der Waals surface area contributed by atoms with Gasteiger partial charge in [0.05, 0.1) is 6.07 Å². The first-order chi connectivity index (χ1) is 14.2. The molecule has 0 aromatic heterocycles. The Bertz CT molecular complexity index is 1090. The van der Waals surface area contributed by atoms with Gasteiger partial charge in [0.15, 0.2) is 24.1 Å². The summed E-state index contributed by atoms with van der Waals surface area (Å²) in [5.74, 6) is -7.44. The zero-order valence-electron chi connectivity index (χ0n) is 15.1. The Morgan fingerprint density at radius 3 is 2.37 bits per heavy atom. The van der Waals surface area contributed by atoms with Crippen LogP contribution in [0.2, 0.25) is 0 Å². The van der Waals surface area contributed by atoms with Gasteiger partial charge in [0.25, 0.3) is 5.91 Å². The van der Waals surface area contributed by atoms with Crippen LogP contribution < -0.4 is 9.62 Å². The van der Waals surface area contributed by atoms with Crippen molar-refractivity contribution in [3.63, 3.8) is 0 Å². The van der Waals surface area contributed by atoms with Crippen molar-refractivity contribution in [2.75, 3.05) is 24.6 Å². The number of sulfonamides is 1. The summed E-state index contributed by atoms with van der Waals surface area (Å²) < 4.78 is 70.0. The number of anilines is 1. The Labute approximate surface area is 169 Å². The molecule has 0 aliphatic heterocycles. The molecule has 0 atom stereocenters. The molecule has 0 bridgehead atoms. The van der Waals surface area contributed by atoms with E-state index in [2.05, 4.69) is 4.74 Å². The third-order valence-corrected chi connectivity index (χ3v) is 5.07. The second kappa shape index (κ2) is 9.86. The van der Waals surface area contributed by atoms with Crippen LogP contribution in [0.4, 0.5) is 18.9 Å². The molecule has 0 aliphatic carbocycles. The minimum absolute atomic E-state index is 0.317. The number of halogens is 3. The second-order valence-corrected chi connectivity index (χ2v) is 7.37. The molecule has 0 aliphatic rings. The lowest BCUT2D eigenvalue weighted by Gasteiger charge is -2.19. The quantitative estimate of drug-likeness (QED) is 0.377. The molecule has 1 amide bonds. The van der Waals surface area contributed by atoms with Gasteiger partial charge in [-0.05, 0) is 24.3 Å². The second-order valence-electron chi connectivity index (χ2n) is 5.63. The molecule has 2 aromatic rings. The van der Waals surface area contributed by atoms with Crippen LogP contribution in [-0.2, 0) is 24.3 Å². The van der Waals surface area contributed by atoms with Crippen LogP contribution in [0.3, 0.4) is 0 Å². The molecule has 0 spiro atoms. The smallest absolute Gasteiger partial charge is 0.321 e. The summed E-state index contributed by atoms with van der Waals surface area (Å²) in [7, 11) is -4.70. The minimum Gasteiger partial charge on any atom is -0.455 e. The first-order valence-corrected chi connectivity index (χ1v) is 9.67. The van der Waals surface area contributed by atoms with Crippen LogP contribution >= 0.6 is 0 Å². The number of hydrogen-bond donors (Lipinski definition) is 1. The van der Waals surface area contributed by atoms with E-state index in [1.807, 2.05) is 0 Å². The number of ether oxygens (including phenoxy) is 1. The first kappa shape index (κ1) is 22.9. The van der Waals surface area contributed by atoms with Crippen molar-refractivity contribution in [1.82, 2.24) is 4.72 Å². The summed E-state index contributed by atoms with van der Waals surface area (Å²) >= 11 is 0. The lowest BCUT2D eigenvalue weighted by Crippen LogP contribution is -2.37. The largest absolute Gasteiger partial charge is 0.455 e. The Balaban J connectivity index is 1.97. The van der Waals surface area contributed by atoms with Gasteiger partial charge in [-0.1, -0.05) is 18.2 Å². The Kier molecular flexibility index (Phi) is 7.51. The molecular formula is C18H14F3N3O5S. The van der Waals surface area contributed by atoms with Crippen LogP contribution in [0.5, 0.6) is 0 Å². The maximum absolute atomic E-state index is 13.6. The zero-order valence-corrected chi connectivity index (χ0v) is 16.0. The van der Waals surface area contributed by atoms with Crippen LogP contribution in [0, 0.1) is 28.8 Å². The van der Waals surface area contributed by atoms with Crippen molar-refractivity contribution in [1.29, 1.82) is 5.26 Å². The van der Waals surface area contributed by atoms with Crippen molar-refractivity contribution < 1.29 is 35.9 Å². The average molecular weight is 441 g/mol. The maximum atomic E-state index is 13.6. The van der Waals surface area contributed by atoms with Crippen molar-refractivity contribution in [3.05, 3.63) is 59.9 Å². The molecule has 2 aromatic carbocycles. The van der Waals surface area contributed by atoms with Gasteiger partial charge in [-0.25, -0.2) is 21.6 Å². The van der Waals surface area contributed by atoms with E-state index in [0.717, 1.165) is 4.90 Å². The number of carbonyl (C=O) groups excluding carboxylic acids is 2. The van der Waals surface area contributed by atoms with Gasteiger partial charge >= 0.3 is 5.97 Å². The molecule has 2 rings (SSSR count). The molecule has 30 heavy (non-hydrogen) atoms. The minimum atomic E-state index is -4.70. The maximum Gasteiger partial charge on any atom is 0.321 e. The van der Waals surface area contributed by atoms with Crippen molar-refractivity contribution in [3.8, 4) is 6.07 Å². The number of carbonyl (C=O) groups is 2. The summed E-state index contributed by atoms with van der Waals surface area (Å²) in [6.45, 7) is -2.11.